The molecular formula is C14H27N3O. The first-order valence-electron chi connectivity index (χ1n) is 7.30. The molecule has 2 N–H and O–H groups in total. The molecule has 2 rings (SSSR count). The van der Waals surface area contributed by atoms with Crippen molar-refractivity contribution in [2.45, 2.75) is 45.2 Å². The number of nitrogens with one attached hydrogen (secondary N) is 2. The topological polar surface area (TPSA) is 44.4 Å². The first kappa shape index (κ1) is 13.8. The monoisotopic (exact) mass is 253 g/mol. The fraction of sp³-hybridized carbons (Fsp3) is 0.929. The first-order valence-corrected chi connectivity index (χ1v) is 7.30. The van der Waals surface area contributed by atoms with E-state index in [-0.39, 0.29) is 11.9 Å². The molecule has 0 aliphatic carbocycles. The number of likely N-dealkylation sites (N-methyl/N-ethyl adjacent to an activating group) is 1. The Morgan fingerprint density at radius 3 is 2.72 bits per heavy atom. The summed E-state index contributed by atoms with van der Waals surface area (Å²) in [5, 5.41) is 6.42. The lowest BCUT2D eigenvalue weighted by molar-refractivity contribution is -0.123. The van der Waals surface area contributed by atoms with Crippen molar-refractivity contribution in [2.75, 3.05) is 26.7 Å². The molecule has 4 nitrogen and oxygen atoms in total. The van der Waals surface area contributed by atoms with Gasteiger partial charge in [-0.1, -0.05) is 13.8 Å². The average molecular weight is 253 g/mol. The maximum absolute atomic E-state index is 11.9. The molecule has 4 heteroatoms. The Hall–Kier alpha value is -0.610. The van der Waals surface area contributed by atoms with Crippen LogP contribution in [0.5, 0.6) is 0 Å². The molecule has 18 heavy (non-hydrogen) atoms. The number of piperidine rings is 1. The number of carbonyl (C=O) groups excluding carboxylic acids is 1. The Balaban J connectivity index is 1.93. The average Bonchev–Trinajstić information content (AvgIpc) is 2.73. The second-order valence-corrected chi connectivity index (χ2v) is 6.21. The summed E-state index contributed by atoms with van der Waals surface area (Å²) in [5.74, 6) is 1.44. The van der Waals surface area contributed by atoms with Crippen LogP contribution in [0.3, 0.4) is 0 Å². The summed E-state index contributed by atoms with van der Waals surface area (Å²) in [6.07, 6.45) is 3.41. The van der Waals surface area contributed by atoms with E-state index in [4.69, 9.17) is 0 Å². The van der Waals surface area contributed by atoms with Crippen LogP contribution in [0.4, 0.5) is 0 Å². The molecule has 0 radical (unpaired) electrons. The van der Waals surface area contributed by atoms with E-state index in [1.165, 1.54) is 32.5 Å². The molecule has 2 aliphatic rings. The lowest BCUT2D eigenvalue weighted by Crippen LogP contribution is -2.53. The molecule has 0 aromatic heterocycles. The predicted octanol–water partition coefficient (Wildman–Crippen LogP) is 0.831. The summed E-state index contributed by atoms with van der Waals surface area (Å²) in [6, 6.07) is 0.511. The minimum atomic E-state index is -0.0212. The summed E-state index contributed by atoms with van der Waals surface area (Å²) in [6.45, 7) is 8.01. The third-order valence-electron chi connectivity index (χ3n) is 4.32. The normalized spacial score (nSPS) is 32.6. The number of hydrogen-bond acceptors (Lipinski definition) is 3. The largest absolute Gasteiger partial charge is 0.358 e. The summed E-state index contributed by atoms with van der Waals surface area (Å²) in [5.41, 5.74) is 0. The van der Waals surface area contributed by atoms with Crippen LogP contribution in [0, 0.1) is 11.8 Å². The van der Waals surface area contributed by atoms with Crippen molar-refractivity contribution in [3.8, 4) is 0 Å². The molecule has 0 aromatic carbocycles. The van der Waals surface area contributed by atoms with Gasteiger partial charge in [-0.15, -0.1) is 0 Å². The zero-order valence-electron chi connectivity index (χ0n) is 11.9. The van der Waals surface area contributed by atoms with Crippen LogP contribution < -0.4 is 10.6 Å². The van der Waals surface area contributed by atoms with Crippen LogP contribution in [0.15, 0.2) is 0 Å². The molecule has 2 aliphatic heterocycles. The zero-order valence-corrected chi connectivity index (χ0v) is 11.9. The van der Waals surface area contributed by atoms with Gasteiger partial charge in [-0.25, -0.2) is 0 Å². The highest BCUT2D eigenvalue weighted by molar-refractivity contribution is 5.81. The number of nitrogens with zero attached hydrogens (tertiary/aromatic N) is 1. The molecule has 104 valence electrons. The second-order valence-electron chi connectivity index (χ2n) is 6.21. The van der Waals surface area contributed by atoms with E-state index in [2.05, 4.69) is 29.4 Å². The summed E-state index contributed by atoms with van der Waals surface area (Å²) in [7, 11) is 1.73. The van der Waals surface area contributed by atoms with Crippen molar-refractivity contribution in [1.82, 2.24) is 15.5 Å². The summed E-state index contributed by atoms with van der Waals surface area (Å²) < 4.78 is 0. The van der Waals surface area contributed by atoms with Gasteiger partial charge in [-0.2, -0.15) is 0 Å². The quantitative estimate of drug-likeness (QED) is 0.763. The minimum absolute atomic E-state index is 0.0212. The van der Waals surface area contributed by atoms with Crippen molar-refractivity contribution >= 4 is 5.91 Å². The highest BCUT2D eigenvalue weighted by atomic mass is 16.2. The Kier molecular flexibility index (Phi) is 4.62. The van der Waals surface area contributed by atoms with Gasteiger partial charge in [0.25, 0.3) is 0 Å². The van der Waals surface area contributed by atoms with Crippen molar-refractivity contribution in [3.05, 3.63) is 0 Å². The molecule has 2 saturated heterocycles. The maximum Gasteiger partial charge on any atom is 0.236 e. The van der Waals surface area contributed by atoms with Crippen molar-refractivity contribution in [1.29, 1.82) is 0 Å². The van der Waals surface area contributed by atoms with Gasteiger partial charge in [-0.3, -0.25) is 4.79 Å². The maximum atomic E-state index is 11.9. The van der Waals surface area contributed by atoms with Gasteiger partial charge in [-0.05, 0) is 44.2 Å². The number of hydrogen-bond donors (Lipinski definition) is 2. The first-order chi connectivity index (χ1) is 8.60. The zero-order chi connectivity index (χ0) is 13.1. The molecule has 2 heterocycles. The van der Waals surface area contributed by atoms with Crippen LogP contribution in [0.1, 0.15) is 33.1 Å². The fourth-order valence-electron chi connectivity index (χ4n) is 3.33. The van der Waals surface area contributed by atoms with Gasteiger partial charge in [0.05, 0.1) is 6.04 Å². The van der Waals surface area contributed by atoms with Crippen molar-refractivity contribution < 1.29 is 4.79 Å². The number of rotatable bonds is 5. The van der Waals surface area contributed by atoms with E-state index < -0.39 is 0 Å². The fourth-order valence-corrected chi connectivity index (χ4v) is 3.33. The number of carbonyl (C=O) groups is 1. The Bertz CT molecular complexity index is 293. The van der Waals surface area contributed by atoms with Crippen LogP contribution in [0.25, 0.3) is 0 Å². The predicted molar refractivity (Wildman–Crippen MR) is 73.4 cm³/mol. The molecule has 4 unspecified atom stereocenters. The van der Waals surface area contributed by atoms with Gasteiger partial charge >= 0.3 is 0 Å². The van der Waals surface area contributed by atoms with E-state index in [1.54, 1.807) is 7.05 Å². The van der Waals surface area contributed by atoms with Crippen molar-refractivity contribution in [3.63, 3.8) is 0 Å². The van der Waals surface area contributed by atoms with Gasteiger partial charge in [0.2, 0.25) is 5.91 Å². The van der Waals surface area contributed by atoms with E-state index in [9.17, 15) is 4.79 Å². The highest BCUT2D eigenvalue weighted by Gasteiger charge is 2.36. The Morgan fingerprint density at radius 1 is 1.33 bits per heavy atom. The molecule has 2 bridgehead atoms. The van der Waals surface area contributed by atoms with Gasteiger partial charge < -0.3 is 15.5 Å². The van der Waals surface area contributed by atoms with Crippen LogP contribution in [-0.2, 0) is 4.79 Å². The highest BCUT2D eigenvalue weighted by Crippen LogP contribution is 2.27. The van der Waals surface area contributed by atoms with Gasteiger partial charge in [0.15, 0.2) is 0 Å². The van der Waals surface area contributed by atoms with E-state index >= 15 is 0 Å². The third-order valence-corrected chi connectivity index (χ3v) is 4.32. The van der Waals surface area contributed by atoms with Crippen molar-refractivity contribution in [2.24, 2.45) is 11.8 Å². The van der Waals surface area contributed by atoms with Crippen LogP contribution >= 0.6 is 0 Å². The van der Waals surface area contributed by atoms with E-state index in [0.29, 0.717) is 12.0 Å². The molecule has 0 aromatic rings. The van der Waals surface area contributed by atoms with Crippen LogP contribution in [0.2, 0.25) is 0 Å². The number of fused-ring (bicyclic) bond motifs is 2. The minimum Gasteiger partial charge on any atom is -0.358 e. The SMILES string of the molecule is CNC(=O)C(CC(C)C)NC1CCN2CCC1C2. The van der Waals surface area contributed by atoms with Gasteiger partial charge in [0, 0.05) is 19.6 Å². The molecule has 0 saturated carbocycles. The van der Waals surface area contributed by atoms with E-state index in [0.717, 1.165) is 12.3 Å². The Morgan fingerprint density at radius 2 is 2.06 bits per heavy atom. The molecule has 0 spiro atoms. The lowest BCUT2D eigenvalue weighted by Gasteiger charge is -2.34. The Labute approximate surface area is 110 Å². The lowest BCUT2D eigenvalue weighted by atomic mass is 9.92. The smallest absolute Gasteiger partial charge is 0.236 e. The second kappa shape index (κ2) is 6.02. The molecule has 4 atom stereocenters. The standard InChI is InChI=1S/C14H27N3O/c1-10(2)8-13(14(18)15-3)16-12-5-7-17-6-4-11(12)9-17/h10-13,16H,4-9H2,1-3H3,(H,15,18). The molecule has 2 fully saturated rings. The summed E-state index contributed by atoms with van der Waals surface area (Å²) >= 11 is 0. The molecule has 1 amide bonds. The summed E-state index contributed by atoms with van der Waals surface area (Å²) in [4.78, 5) is 14.5. The van der Waals surface area contributed by atoms with Crippen LogP contribution in [-0.4, -0.2) is 49.6 Å². The molecular weight excluding hydrogens is 226 g/mol. The van der Waals surface area contributed by atoms with E-state index in [1.807, 2.05) is 0 Å². The van der Waals surface area contributed by atoms with Gasteiger partial charge in [0.1, 0.15) is 0 Å². The third kappa shape index (κ3) is 3.23. The number of amides is 1.